The zero-order valence-corrected chi connectivity index (χ0v) is 18.4. The summed E-state index contributed by atoms with van der Waals surface area (Å²) < 4.78 is 1.57. The Balaban J connectivity index is 2.17. The number of thiol groups is 1. The van der Waals surface area contributed by atoms with E-state index < -0.39 is 0 Å². The minimum atomic E-state index is -0.0756. The van der Waals surface area contributed by atoms with Crippen LogP contribution < -0.4 is 9.62 Å². The zero-order chi connectivity index (χ0) is 19.6. The third-order valence-electron chi connectivity index (χ3n) is 5.75. The average molecular weight is 391 g/mol. The highest BCUT2D eigenvalue weighted by Gasteiger charge is 2.22. The van der Waals surface area contributed by atoms with E-state index in [1.165, 1.54) is 61.6 Å². The van der Waals surface area contributed by atoms with Gasteiger partial charge in [0.1, 0.15) is 0 Å². The van der Waals surface area contributed by atoms with Crippen molar-refractivity contribution in [1.82, 2.24) is 5.32 Å². The fourth-order valence-corrected chi connectivity index (χ4v) is 4.44. The molecular formula is C23H38N2OS. The van der Waals surface area contributed by atoms with Gasteiger partial charge in [-0.25, -0.2) is 9.10 Å². The number of hydrogen-bond acceptors (Lipinski definition) is 2. The van der Waals surface area contributed by atoms with Crippen LogP contribution in [0.2, 0.25) is 0 Å². The highest BCUT2D eigenvalue weighted by Crippen LogP contribution is 2.31. The van der Waals surface area contributed by atoms with Gasteiger partial charge in [-0.15, -0.1) is 0 Å². The monoisotopic (exact) mass is 390 g/mol. The summed E-state index contributed by atoms with van der Waals surface area (Å²) in [6, 6.07) is 4.78. The van der Waals surface area contributed by atoms with Gasteiger partial charge < -0.3 is 5.32 Å². The largest absolute Gasteiger partial charge is 0.334 e. The number of nitrogens with one attached hydrogen (secondary N) is 1. The standard InChI is InChI=1S/C23H38N2OS/c1-4-7-10-13-18-16-19(5-2)22(20(6-3)17-18)25(27)23(26)24-21-14-11-8-9-12-15-21/h16-17,21,27H,4-15H2,1-3H3,(H,24,26). The molecular weight excluding hydrogens is 352 g/mol. The van der Waals surface area contributed by atoms with E-state index in [4.69, 9.17) is 0 Å². The third kappa shape index (κ3) is 6.44. The Hall–Kier alpha value is -1.16. The highest BCUT2D eigenvalue weighted by molar-refractivity contribution is 7.82. The smallest absolute Gasteiger partial charge is 0.332 e. The molecule has 1 aliphatic rings. The molecule has 4 heteroatoms. The zero-order valence-electron chi connectivity index (χ0n) is 17.5. The maximum absolute atomic E-state index is 12.9. The van der Waals surface area contributed by atoms with Crippen molar-refractivity contribution in [3.05, 3.63) is 28.8 Å². The molecule has 152 valence electrons. The van der Waals surface area contributed by atoms with E-state index in [0.717, 1.165) is 37.8 Å². The summed E-state index contributed by atoms with van der Waals surface area (Å²) in [5.41, 5.74) is 4.85. The van der Waals surface area contributed by atoms with E-state index >= 15 is 0 Å². The van der Waals surface area contributed by atoms with Crippen LogP contribution in [0.25, 0.3) is 0 Å². The molecule has 0 unspecified atom stereocenters. The van der Waals surface area contributed by atoms with E-state index in [2.05, 4.69) is 51.0 Å². The van der Waals surface area contributed by atoms with Gasteiger partial charge in [-0.1, -0.05) is 84.2 Å². The van der Waals surface area contributed by atoms with Crippen molar-refractivity contribution in [2.75, 3.05) is 4.31 Å². The maximum atomic E-state index is 12.9. The van der Waals surface area contributed by atoms with Crippen LogP contribution in [0.3, 0.4) is 0 Å². The van der Waals surface area contributed by atoms with E-state index in [1.54, 1.807) is 4.31 Å². The minimum absolute atomic E-state index is 0.0756. The van der Waals surface area contributed by atoms with E-state index in [-0.39, 0.29) is 12.1 Å². The normalized spacial score (nSPS) is 15.4. The fourth-order valence-electron chi connectivity index (χ4n) is 4.13. The quantitative estimate of drug-likeness (QED) is 0.291. The van der Waals surface area contributed by atoms with Crippen molar-refractivity contribution in [1.29, 1.82) is 0 Å². The molecule has 0 aromatic heterocycles. The lowest BCUT2D eigenvalue weighted by molar-refractivity contribution is 0.245. The summed E-state index contributed by atoms with van der Waals surface area (Å²) in [6.07, 6.45) is 13.9. The molecule has 0 spiro atoms. The van der Waals surface area contributed by atoms with Gasteiger partial charge in [0.25, 0.3) is 0 Å². The van der Waals surface area contributed by atoms with E-state index in [1.807, 2.05) is 0 Å². The van der Waals surface area contributed by atoms with Gasteiger partial charge in [0.05, 0.1) is 5.69 Å². The maximum Gasteiger partial charge on any atom is 0.332 e. The van der Waals surface area contributed by atoms with Gasteiger partial charge in [0.2, 0.25) is 0 Å². The molecule has 0 aliphatic heterocycles. The van der Waals surface area contributed by atoms with E-state index in [9.17, 15) is 4.79 Å². The number of aryl methyl sites for hydroxylation is 3. The van der Waals surface area contributed by atoms with Crippen LogP contribution >= 0.6 is 12.8 Å². The molecule has 2 rings (SSSR count). The van der Waals surface area contributed by atoms with Crippen molar-refractivity contribution in [3.63, 3.8) is 0 Å². The van der Waals surface area contributed by atoms with Crippen molar-refractivity contribution in [2.45, 2.75) is 104 Å². The molecule has 27 heavy (non-hydrogen) atoms. The Morgan fingerprint density at radius 1 is 1.04 bits per heavy atom. The molecule has 0 bridgehead atoms. The predicted molar refractivity (Wildman–Crippen MR) is 120 cm³/mol. The van der Waals surface area contributed by atoms with Crippen molar-refractivity contribution in [3.8, 4) is 0 Å². The van der Waals surface area contributed by atoms with Crippen LogP contribution in [0.1, 0.15) is 95.2 Å². The summed E-state index contributed by atoms with van der Waals surface area (Å²) in [5, 5.41) is 3.23. The summed E-state index contributed by atoms with van der Waals surface area (Å²) in [5.74, 6) is 0. The molecule has 1 saturated carbocycles. The van der Waals surface area contributed by atoms with Gasteiger partial charge in [-0.2, -0.15) is 0 Å². The molecule has 2 amide bonds. The Morgan fingerprint density at radius 3 is 2.15 bits per heavy atom. The van der Waals surface area contributed by atoms with Crippen LogP contribution in [-0.4, -0.2) is 12.1 Å². The van der Waals surface area contributed by atoms with Crippen LogP contribution in [0.5, 0.6) is 0 Å². The van der Waals surface area contributed by atoms with Crippen molar-refractivity contribution >= 4 is 24.5 Å². The molecule has 0 heterocycles. The summed E-state index contributed by atoms with van der Waals surface area (Å²) >= 11 is 4.63. The summed E-state index contributed by atoms with van der Waals surface area (Å²) in [6.45, 7) is 6.57. The lowest BCUT2D eigenvalue weighted by atomic mass is 9.96. The van der Waals surface area contributed by atoms with Gasteiger partial charge in [-0.3, -0.25) is 0 Å². The van der Waals surface area contributed by atoms with Crippen LogP contribution in [0.15, 0.2) is 12.1 Å². The number of unbranched alkanes of at least 4 members (excludes halogenated alkanes) is 2. The number of carbonyl (C=O) groups excluding carboxylic acids is 1. The van der Waals surface area contributed by atoms with Crippen molar-refractivity contribution in [2.24, 2.45) is 0 Å². The highest BCUT2D eigenvalue weighted by atomic mass is 32.1. The predicted octanol–water partition coefficient (Wildman–Crippen LogP) is 6.63. The van der Waals surface area contributed by atoms with Gasteiger partial charge in [0, 0.05) is 6.04 Å². The lowest BCUT2D eigenvalue weighted by Gasteiger charge is -2.26. The summed E-state index contributed by atoms with van der Waals surface area (Å²) in [4.78, 5) is 12.9. The first-order valence-corrected chi connectivity index (χ1v) is 11.4. The van der Waals surface area contributed by atoms with Crippen LogP contribution in [-0.2, 0) is 19.3 Å². The minimum Gasteiger partial charge on any atom is -0.334 e. The van der Waals surface area contributed by atoms with Crippen LogP contribution in [0, 0.1) is 0 Å². The second-order valence-corrected chi connectivity index (χ2v) is 8.28. The molecule has 1 N–H and O–H groups in total. The number of benzene rings is 1. The Morgan fingerprint density at radius 2 is 1.63 bits per heavy atom. The fraction of sp³-hybridized carbons (Fsp3) is 0.696. The SMILES string of the molecule is CCCCCc1cc(CC)c(N(S)C(=O)NC2CCCCCC2)c(CC)c1. The first-order chi connectivity index (χ1) is 13.1. The molecule has 1 fully saturated rings. The average Bonchev–Trinajstić information content (AvgIpc) is 2.95. The second-order valence-electron chi connectivity index (χ2n) is 7.88. The van der Waals surface area contributed by atoms with Crippen molar-refractivity contribution < 1.29 is 4.79 Å². The van der Waals surface area contributed by atoms with Gasteiger partial charge in [-0.05, 0) is 55.2 Å². The molecule has 1 aliphatic carbocycles. The molecule has 0 radical (unpaired) electrons. The number of nitrogens with zero attached hydrogens (tertiary/aromatic N) is 1. The van der Waals surface area contributed by atoms with Gasteiger partial charge >= 0.3 is 6.03 Å². The number of amides is 2. The molecule has 1 aromatic rings. The molecule has 3 nitrogen and oxygen atoms in total. The van der Waals surface area contributed by atoms with Gasteiger partial charge in [0.15, 0.2) is 0 Å². The summed E-state index contributed by atoms with van der Waals surface area (Å²) in [7, 11) is 0. The second kappa shape index (κ2) is 11.6. The molecule has 1 aromatic carbocycles. The molecule has 0 saturated heterocycles. The topological polar surface area (TPSA) is 32.3 Å². The van der Waals surface area contributed by atoms with Crippen LogP contribution in [0.4, 0.5) is 10.5 Å². The third-order valence-corrected chi connectivity index (χ3v) is 6.13. The lowest BCUT2D eigenvalue weighted by Crippen LogP contribution is -2.41. The van der Waals surface area contributed by atoms with E-state index in [0.29, 0.717) is 0 Å². The first-order valence-electron chi connectivity index (χ1n) is 11.0. The molecule has 0 atom stereocenters. The number of anilines is 1. The Kier molecular flexibility index (Phi) is 9.53. The number of hydrogen-bond donors (Lipinski definition) is 2. The first kappa shape index (κ1) is 22.1. The Labute approximate surface area is 171 Å². The number of urea groups is 1. The Bertz CT molecular complexity index is 569. The number of carbonyl (C=O) groups is 1. The number of rotatable bonds is 8.